The normalized spacial score (nSPS) is 13.8. The standard InChI is InChI=1S/C6H4F6O3P/c1-2-3-14-16(13)15-4(5(7,8)9)6(10,11)12/h1,4H,3H2/q+1. The Kier molecular flexibility index (Phi) is 5.19. The molecule has 0 aromatic heterocycles. The average Bonchev–Trinajstić information content (AvgIpc) is 2.07. The van der Waals surface area contributed by atoms with E-state index in [9.17, 15) is 30.9 Å². The molecule has 0 fully saturated rings. The molecule has 0 saturated carbocycles. The Morgan fingerprint density at radius 2 is 1.62 bits per heavy atom. The summed E-state index contributed by atoms with van der Waals surface area (Å²) in [5.74, 6) is 1.70. The number of alkyl halides is 6. The molecule has 0 bridgehead atoms. The lowest BCUT2D eigenvalue weighted by Gasteiger charge is -2.16. The minimum absolute atomic E-state index is 0.725. The molecule has 0 N–H and O–H groups in total. The number of rotatable bonds is 4. The van der Waals surface area contributed by atoms with E-state index in [4.69, 9.17) is 0 Å². The van der Waals surface area contributed by atoms with E-state index in [2.05, 4.69) is 15.5 Å². The molecule has 0 heterocycles. The summed E-state index contributed by atoms with van der Waals surface area (Å²) in [6.07, 6.45) is -11.1. The van der Waals surface area contributed by atoms with E-state index in [1.807, 2.05) is 0 Å². The van der Waals surface area contributed by atoms with Gasteiger partial charge in [-0.2, -0.15) is 26.3 Å². The predicted molar refractivity (Wildman–Crippen MR) is 39.4 cm³/mol. The maximum absolute atomic E-state index is 11.8. The average molecular weight is 269 g/mol. The monoisotopic (exact) mass is 269 g/mol. The molecule has 3 nitrogen and oxygen atoms in total. The number of hydrogen-bond acceptors (Lipinski definition) is 3. The Balaban J connectivity index is 4.60. The van der Waals surface area contributed by atoms with Gasteiger partial charge in [-0.3, -0.25) is 0 Å². The summed E-state index contributed by atoms with van der Waals surface area (Å²) in [5.41, 5.74) is 0. The molecular weight excluding hydrogens is 265 g/mol. The summed E-state index contributed by atoms with van der Waals surface area (Å²) < 4.78 is 88.6. The van der Waals surface area contributed by atoms with Gasteiger partial charge < -0.3 is 0 Å². The maximum Gasteiger partial charge on any atom is 0.699 e. The fourth-order valence-corrected chi connectivity index (χ4v) is 1.16. The van der Waals surface area contributed by atoms with Gasteiger partial charge >= 0.3 is 26.7 Å². The smallest absolute Gasteiger partial charge is 0.167 e. The van der Waals surface area contributed by atoms with E-state index >= 15 is 0 Å². The highest BCUT2D eigenvalue weighted by atomic mass is 31.1. The van der Waals surface area contributed by atoms with Crippen LogP contribution in [0.3, 0.4) is 0 Å². The van der Waals surface area contributed by atoms with Crippen molar-refractivity contribution in [3.8, 4) is 12.3 Å². The zero-order chi connectivity index (χ0) is 13.0. The van der Waals surface area contributed by atoms with Crippen LogP contribution in [0.25, 0.3) is 0 Å². The van der Waals surface area contributed by atoms with Crippen molar-refractivity contribution in [2.24, 2.45) is 0 Å². The molecule has 0 aromatic rings. The second-order valence-corrected chi connectivity index (χ2v) is 3.19. The highest BCUT2D eigenvalue weighted by molar-refractivity contribution is 7.33. The summed E-state index contributed by atoms with van der Waals surface area (Å²) >= 11 is 0. The summed E-state index contributed by atoms with van der Waals surface area (Å²) in [6.45, 7) is -0.725. The van der Waals surface area contributed by atoms with Gasteiger partial charge in [0, 0.05) is 4.57 Å². The molecule has 92 valence electrons. The van der Waals surface area contributed by atoms with Gasteiger partial charge in [0.05, 0.1) is 0 Å². The van der Waals surface area contributed by atoms with Crippen molar-refractivity contribution in [1.82, 2.24) is 0 Å². The topological polar surface area (TPSA) is 35.5 Å². The van der Waals surface area contributed by atoms with E-state index in [1.165, 1.54) is 0 Å². The molecule has 0 amide bonds. The van der Waals surface area contributed by atoms with Crippen LogP contribution in [0.1, 0.15) is 0 Å². The van der Waals surface area contributed by atoms with Gasteiger partial charge in [-0.05, 0) is 0 Å². The van der Waals surface area contributed by atoms with Crippen LogP contribution in [0.2, 0.25) is 0 Å². The van der Waals surface area contributed by atoms with Crippen molar-refractivity contribution in [2.45, 2.75) is 18.5 Å². The lowest BCUT2D eigenvalue weighted by Crippen LogP contribution is -2.43. The second kappa shape index (κ2) is 5.48. The van der Waals surface area contributed by atoms with Gasteiger partial charge in [0.25, 0.3) is 0 Å². The Hall–Kier alpha value is -0.840. The Morgan fingerprint density at radius 3 is 1.94 bits per heavy atom. The minimum atomic E-state index is -5.73. The second-order valence-electron chi connectivity index (χ2n) is 2.27. The fraction of sp³-hybridized carbons (Fsp3) is 0.667. The lowest BCUT2D eigenvalue weighted by molar-refractivity contribution is -0.300. The Bertz CT molecular complexity index is 276. The van der Waals surface area contributed by atoms with Crippen LogP contribution in [-0.2, 0) is 13.6 Å². The maximum atomic E-state index is 11.8. The van der Waals surface area contributed by atoms with Gasteiger partial charge in [-0.1, -0.05) is 10.4 Å². The highest BCUT2D eigenvalue weighted by Gasteiger charge is 2.62. The van der Waals surface area contributed by atoms with E-state index in [0.717, 1.165) is 0 Å². The zero-order valence-corrected chi connectivity index (χ0v) is 8.20. The van der Waals surface area contributed by atoms with Crippen molar-refractivity contribution in [1.29, 1.82) is 0 Å². The van der Waals surface area contributed by atoms with Crippen molar-refractivity contribution in [3.05, 3.63) is 0 Å². The summed E-state index contributed by atoms with van der Waals surface area (Å²) in [6, 6.07) is 0. The SMILES string of the molecule is C#CCO[P+](=O)OC(C(F)(F)F)C(F)(F)F. The zero-order valence-electron chi connectivity index (χ0n) is 7.30. The molecule has 1 atom stereocenters. The van der Waals surface area contributed by atoms with E-state index in [-0.39, 0.29) is 0 Å². The van der Waals surface area contributed by atoms with Crippen molar-refractivity contribution in [3.63, 3.8) is 0 Å². The third-order valence-electron chi connectivity index (χ3n) is 1.04. The Morgan fingerprint density at radius 1 is 1.19 bits per heavy atom. The van der Waals surface area contributed by atoms with Crippen LogP contribution < -0.4 is 0 Å². The first-order valence-corrected chi connectivity index (χ1v) is 4.52. The first kappa shape index (κ1) is 15.2. The summed E-state index contributed by atoms with van der Waals surface area (Å²) in [5, 5.41) is 0. The van der Waals surface area contributed by atoms with Crippen molar-refractivity contribution < 1.29 is 40.0 Å². The molecule has 0 aliphatic rings. The summed E-state index contributed by atoms with van der Waals surface area (Å²) in [4.78, 5) is 0. The van der Waals surface area contributed by atoms with E-state index in [1.54, 1.807) is 5.92 Å². The van der Waals surface area contributed by atoms with Crippen LogP contribution in [0.5, 0.6) is 0 Å². The van der Waals surface area contributed by atoms with Crippen LogP contribution >= 0.6 is 8.25 Å². The first-order chi connectivity index (χ1) is 7.09. The van der Waals surface area contributed by atoms with Crippen molar-refractivity contribution in [2.75, 3.05) is 6.61 Å². The Labute approximate surface area is 86.7 Å². The molecule has 0 aliphatic heterocycles. The molecule has 1 unspecified atom stereocenters. The van der Waals surface area contributed by atoms with E-state index in [0.29, 0.717) is 0 Å². The molecule has 10 heteroatoms. The molecule has 0 rings (SSSR count). The molecule has 0 radical (unpaired) electrons. The van der Waals surface area contributed by atoms with Gasteiger partial charge in [-0.25, -0.2) is 0 Å². The molecule has 0 aliphatic carbocycles. The van der Waals surface area contributed by atoms with E-state index < -0.39 is 33.3 Å². The van der Waals surface area contributed by atoms with Gasteiger partial charge in [0.2, 0.25) is 0 Å². The molecule has 0 spiro atoms. The number of hydrogen-bond donors (Lipinski definition) is 0. The first-order valence-electron chi connectivity index (χ1n) is 3.43. The van der Waals surface area contributed by atoms with Gasteiger partial charge in [-0.15, -0.1) is 10.9 Å². The molecule has 0 saturated heterocycles. The molecular formula is C6H4F6O3P+. The lowest BCUT2D eigenvalue weighted by atomic mass is 10.3. The highest BCUT2D eigenvalue weighted by Crippen LogP contribution is 2.41. The third kappa shape index (κ3) is 5.30. The fourth-order valence-electron chi connectivity index (χ4n) is 0.512. The molecule has 0 aromatic carbocycles. The van der Waals surface area contributed by atoms with Gasteiger partial charge in [0.1, 0.15) is 0 Å². The van der Waals surface area contributed by atoms with Crippen LogP contribution in [0.15, 0.2) is 0 Å². The van der Waals surface area contributed by atoms with Crippen LogP contribution in [0.4, 0.5) is 26.3 Å². The minimum Gasteiger partial charge on any atom is -0.167 e. The summed E-state index contributed by atoms with van der Waals surface area (Å²) in [7, 11) is -3.59. The molecule has 16 heavy (non-hydrogen) atoms. The quantitative estimate of drug-likeness (QED) is 0.447. The van der Waals surface area contributed by atoms with Crippen LogP contribution in [0, 0.1) is 12.3 Å². The predicted octanol–water partition coefficient (Wildman–Crippen LogP) is 2.80. The van der Waals surface area contributed by atoms with Gasteiger partial charge in [0.15, 0.2) is 6.61 Å². The largest absolute Gasteiger partial charge is 0.699 e. The number of halogens is 6. The van der Waals surface area contributed by atoms with Crippen molar-refractivity contribution >= 4 is 8.25 Å². The number of terminal acetylenes is 1. The third-order valence-corrected chi connectivity index (χ3v) is 1.76. The van der Waals surface area contributed by atoms with Crippen LogP contribution in [-0.4, -0.2) is 25.1 Å².